The van der Waals surface area contributed by atoms with Crippen molar-refractivity contribution in [2.45, 2.75) is 32.9 Å². The zero-order chi connectivity index (χ0) is 14.5. The van der Waals surface area contributed by atoms with Gasteiger partial charge in [-0.15, -0.1) is 0 Å². The van der Waals surface area contributed by atoms with Crippen molar-refractivity contribution in [3.8, 4) is 5.75 Å². The van der Waals surface area contributed by atoms with Crippen molar-refractivity contribution < 1.29 is 4.74 Å². The molecule has 1 unspecified atom stereocenters. The highest BCUT2D eigenvalue weighted by Gasteiger charge is 2.20. The summed E-state index contributed by atoms with van der Waals surface area (Å²) in [4.78, 5) is 5.12. The number of nitrogens with zero attached hydrogens (tertiary/aromatic N) is 2. The van der Waals surface area contributed by atoms with Crippen LogP contribution in [0.1, 0.15) is 25.8 Å². The van der Waals surface area contributed by atoms with Gasteiger partial charge in [-0.3, -0.25) is 9.80 Å². The van der Waals surface area contributed by atoms with Crippen LogP contribution in [0.3, 0.4) is 0 Å². The van der Waals surface area contributed by atoms with E-state index in [4.69, 9.17) is 4.74 Å². The van der Waals surface area contributed by atoms with Gasteiger partial charge in [0.25, 0.3) is 0 Å². The monoisotopic (exact) mass is 340 g/mol. The maximum absolute atomic E-state index is 5.31. The summed E-state index contributed by atoms with van der Waals surface area (Å²) in [6.45, 7) is 10.2. The van der Waals surface area contributed by atoms with Gasteiger partial charge in [0, 0.05) is 43.2 Å². The van der Waals surface area contributed by atoms with Crippen molar-refractivity contribution in [2.75, 3.05) is 33.3 Å². The van der Waals surface area contributed by atoms with E-state index in [1.54, 1.807) is 7.11 Å². The maximum atomic E-state index is 5.31. The second kappa shape index (κ2) is 7.43. The van der Waals surface area contributed by atoms with Crippen LogP contribution in [-0.4, -0.2) is 49.1 Å². The average molecular weight is 341 g/mol. The number of hydrogen-bond acceptors (Lipinski definition) is 3. The third kappa shape index (κ3) is 3.96. The van der Waals surface area contributed by atoms with Crippen molar-refractivity contribution in [2.24, 2.45) is 0 Å². The van der Waals surface area contributed by atoms with Gasteiger partial charge >= 0.3 is 0 Å². The molecule has 3 nitrogen and oxygen atoms in total. The smallest absolute Gasteiger partial charge is 0.119 e. The molecule has 0 N–H and O–H groups in total. The second-order valence-electron chi connectivity index (χ2n) is 5.53. The van der Waals surface area contributed by atoms with Gasteiger partial charge in [-0.2, -0.15) is 0 Å². The van der Waals surface area contributed by atoms with Crippen LogP contribution >= 0.6 is 15.9 Å². The highest BCUT2D eigenvalue weighted by atomic mass is 79.9. The molecule has 1 atom stereocenters. The predicted molar refractivity (Wildman–Crippen MR) is 87.3 cm³/mol. The molecule has 0 saturated carbocycles. The molecule has 20 heavy (non-hydrogen) atoms. The van der Waals surface area contributed by atoms with Gasteiger partial charge in [0.05, 0.1) is 7.11 Å². The van der Waals surface area contributed by atoms with E-state index in [2.05, 4.69) is 51.7 Å². The molecule has 0 aromatic heterocycles. The number of benzene rings is 1. The summed E-state index contributed by atoms with van der Waals surface area (Å²) in [7, 11) is 1.72. The lowest BCUT2D eigenvalue weighted by atomic mass is 10.1. The third-order valence-electron chi connectivity index (χ3n) is 4.27. The van der Waals surface area contributed by atoms with Crippen molar-refractivity contribution in [1.82, 2.24) is 9.80 Å². The molecule has 0 amide bonds. The van der Waals surface area contributed by atoms with Crippen molar-refractivity contribution >= 4 is 15.9 Å². The molecule has 1 aromatic carbocycles. The molecular weight excluding hydrogens is 316 g/mol. The standard InChI is InChI=1S/C16H25BrN2O/c1-4-13(2)19-9-7-18(8-10-19)12-14-11-15(20-3)5-6-16(14)17/h5-6,11,13H,4,7-10,12H2,1-3H3. The Morgan fingerprint density at radius 2 is 1.95 bits per heavy atom. The minimum Gasteiger partial charge on any atom is -0.497 e. The van der Waals surface area contributed by atoms with Gasteiger partial charge in [0.15, 0.2) is 0 Å². The Morgan fingerprint density at radius 1 is 1.25 bits per heavy atom. The summed E-state index contributed by atoms with van der Waals surface area (Å²) in [5.41, 5.74) is 1.31. The molecule has 1 heterocycles. The summed E-state index contributed by atoms with van der Waals surface area (Å²) in [5, 5.41) is 0. The van der Waals surface area contributed by atoms with E-state index in [0.717, 1.165) is 25.4 Å². The van der Waals surface area contributed by atoms with E-state index in [0.29, 0.717) is 6.04 Å². The first-order valence-corrected chi connectivity index (χ1v) is 8.22. The van der Waals surface area contributed by atoms with Crippen LogP contribution in [0.2, 0.25) is 0 Å². The molecule has 1 saturated heterocycles. The number of methoxy groups -OCH3 is 1. The Kier molecular flexibility index (Phi) is 5.87. The Morgan fingerprint density at radius 3 is 2.55 bits per heavy atom. The van der Waals surface area contributed by atoms with E-state index < -0.39 is 0 Å². The van der Waals surface area contributed by atoms with Crippen LogP contribution in [-0.2, 0) is 6.54 Å². The second-order valence-corrected chi connectivity index (χ2v) is 6.38. The van der Waals surface area contributed by atoms with E-state index in [1.807, 2.05) is 6.07 Å². The minimum absolute atomic E-state index is 0.709. The molecule has 1 aliphatic heterocycles. The number of halogens is 1. The van der Waals surface area contributed by atoms with Gasteiger partial charge in [-0.1, -0.05) is 22.9 Å². The fraction of sp³-hybridized carbons (Fsp3) is 0.625. The number of ether oxygens (including phenoxy) is 1. The minimum atomic E-state index is 0.709. The summed E-state index contributed by atoms with van der Waals surface area (Å²) in [6.07, 6.45) is 1.24. The normalized spacial score (nSPS) is 19.0. The van der Waals surface area contributed by atoms with Gasteiger partial charge in [-0.25, -0.2) is 0 Å². The van der Waals surface area contributed by atoms with Crippen LogP contribution in [0, 0.1) is 0 Å². The fourth-order valence-corrected chi connectivity index (χ4v) is 3.03. The highest BCUT2D eigenvalue weighted by Crippen LogP contribution is 2.24. The van der Waals surface area contributed by atoms with Gasteiger partial charge < -0.3 is 4.74 Å². The molecule has 112 valence electrons. The largest absolute Gasteiger partial charge is 0.497 e. The molecule has 0 aliphatic carbocycles. The molecule has 1 aliphatic rings. The zero-order valence-electron chi connectivity index (χ0n) is 12.7. The summed E-state index contributed by atoms with van der Waals surface area (Å²) < 4.78 is 6.48. The van der Waals surface area contributed by atoms with Crippen molar-refractivity contribution in [1.29, 1.82) is 0 Å². The van der Waals surface area contributed by atoms with Gasteiger partial charge in [0.2, 0.25) is 0 Å². The number of hydrogen-bond donors (Lipinski definition) is 0. The molecule has 1 aromatic rings. The molecule has 1 fully saturated rings. The molecule has 0 spiro atoms. The fourth-order valence-electron chi connectivity index (χ4n) is 2.66. The molecule has 2 rings (SSSR count). The lowest BCUT2D eigenvalue weighted by Gasteiger charge is -2.38. The quantitative estimate of drug-likeness (QED) is 0.817. The van der Waals surface area contributed by atoms with E-state index in [9.17, 15) is 0 Å². The van der Waals surface area contributed by atoms with Crippen molar-refractivity contribution in [3.05, 3.63) is 28.2 Å². The lowest BCUT2D eigenvalue weighted by molar-refractivity contribution is 0.0962. The molecule has 0 bridgehead atoms. The lowest BCUT2D eigenvalue weighted by Crippen LogP contribution is -2.49. The van der Waals surface area contributed by atoms with Crippen LogP contribution in [0.4, 0.5) is 0 Å². The number of rotatable bonds is 5. The first kappa shape index (κ1) is 15.8. The summed E-state index contributed by atoms with van der Waals surface area (Å²) >= 11 is 3.64. The summed E-state index contributed by atoms with van der Waals surface area (Å²) in [5.74, 6) is 0.932. The molecule has 0 radical (unpaired) electrons. The predicted octanol–water partition coefficient (Wildman–Crippen LogP) is 3.37. The first-order valence-electron chi connectivity index (χ1n) is 7.42. The Bertz CT molecular complexity index is 430. The van der Waals surface area contributed by atoms with Crippen molar-refractivity contribution in [3.63, 3.8) is 0 Å². The molecule has 4 heteroatoms. The van der Waals surface area contributed by atoms with E-state index in [-0.39, 0.29) is 0 Å². The summed E-state index contributed by atoms with van der Waals surface area (Å²) in [6, 6.07) is 6.91. The molecular formula is C16H25BrN2O. The SMILES string of the molecule is CCC(C)N1CCN(Cc2cc(OC)ccc2Br)CC1. The topological polar surface area (TPSA) is 15.7 Å². The Labute approximate surface area is 131 Å². The Balaban J connectivity index is 1.92. The third-order valence-corrected chi connectivity index (χ3v) is 5.04. The number of piperazine rings is 1. The Hall–Kier alpha value is -0.580. The van der Waals surface area contributed by atoms with Crippen LogP contribution in [0.5, 0.6) is 5.75 Å². The van der Waals surface area contributed by atoms with Crippen LogP contribution in [0.15, 0.2) is 22.7 Å². The van der Waals surface area contributed by atoms with E-state index >= 15 is 0 Å². The van der Waals surface area contributed by atoms with Crippen LogP contribution in [0.25, 0.3) is 0 Å². The zero-order valence-corrected chi connectivity index (χ0v) is 14.3. The van der Waals surface area contributed by atoms with Gasteiger partial charge in [-0.05, 0) is 37.1 Å². The maximum Gasteiger partial charge on any atom is 0.119 e. The average Bonchev–Trinajstić information content (AvgIpc) is 2.49. The van der Waals surface area contributed by atoms with E-state index in [1.165, 1.54) is 29.5 Å². The first-order chi connectivity index (χ1) is 9.63. The van der Waals surface area contributed by atoms with Crippen LogP contribution < -0.4 is 4.74 Å². The van der Waals surface area contributed by atoms with Gasteiger partial charge in [0.1, 0.15) is 5.75 Å². The highest BCUT2D eigenvalue weighted by molar-refractivity contribution is 9.10.